The van der Waals surface area contributed by atoms with Crippen molar-refractivity contribution in [2.24, 2.45) is 0 Å². The fraction of sp³-hybridized carbons (Fsp3) is 0.111. The van der Waals surface area contributed by atoms with Gasteiger partial charge in [0, 0.05) is 18.5 Å². The summed E-state index contributed by atoms with van der Waals surface area (Å²) in [5, 5.41) is 10.9. The van der Waals surface area contributed by atoms with Crippen LogP contribution in [0.15, 0.2) is 61.2 Å². The molecular weight excluding hydrogens is 360 g/mol. The summed E-state index contributed by atoms with van der Waals surface area (Å²) in [6.07, 6.45) is 3.36. The van der Waals surface area contributed by atoms with E-state index in [2.05, 4.69) is 31.4 Å². The number of hydrazine groups is 1. The van der Waals surface area contributed by atoms with Gasteiger partial charge in [0.15, 0.2) is 0 Å². The molecule has 0 saturated carbocycles. The Hall–Kier alpha value is -4.08. The average Bonchev–Trinajstić information content (AvgIpc) is 3.41. The van der Waals surface area contributed by atoms with Crippen LogP contribution in [0, 0.1) is 0 Å². The van der Waals surface area contributed by atoms with Crippen molar-refractivity contribution in [2.75, 3.05) is 0 Å². The highest BCUT2D eigenvalue weighted by atomic mass is 16.2. The summed E-state index contributed by atoms with van der Waals surface area (Å²) in [6.45, 7) is 0.461. The molecular formula is C18H16N8O2. The summed E-state index contributed by atoms with van der Waals surface area (Å²) >= 11 is 0. The zero-order chi connectivity index (χ0) is 19.3. The quantitative estimate of drug-likeness (QED) is 0.499. The number of nitrogens with one attached hydrogen (secondary N) is 2. The Morgan fingerprint density at radius 1 is 0.964 bits per heavy atom. The molecule has 0 fully saturated rings. The molecule has 4 aromatic rings. The molecule has 0 unspecified atom stereocenters. The second kappa shape index (κ2) is 7.66. The molecule has 10 heteroatoms. The van der Waals surface area contributed by atoms with Gasteiger partial charge >= 0.3 is 0 Å². The molecule has 0 bridgehead atoms. The Morgan fingerprint density at radius 2 is 1.79 bits per heavy atom. The zero-order valence-electron chi connectivity index (χ0n) is 14.7. The smallest absolute Gasteiger partial charge is 0.269 e. The van der Waals surface area contributed by atoms with Crippen LogP contribution in [0.4, 0.5) is 0 Å². The number of carbonyl (C=O) groups is 2. The van der Waals surface area contributed by atoms with Gasteiger partial charge in [-0.2, -0.15) is 0 Å². The Labute approximate surface area is 159 Å². The minimum Gasteiger partial charge on any atom is -0.330 e. The summed E-state index contributed by atoms with van der Waals surface area (Å²) in [4.78, 5) is 28.5. The summed E-state index contributed by atoms with van der Waals surface area (Å²) in [7, 11) is 0. The van der Waals surface area contributed by atoms with Crippen LogP contribution in [-0.2, 0) is 11.3 Å². The number of imidazole rings is 1. The molecule has 2 amide bonds. The maximum Gasteiger partial charge on any atom is 0.269 e. The molecule has 2 N–H and O–H groups in total. The minimum atomic E-state index is -0.412. The van der Waals surface area contributed by atoms with E-state index in [9.17, 15) is 9.59 Å². The van der Waals surface area contributed by atoms with Gasteiger partial charge in [-0.25, -0.2) is 9.67 Å². The predicted molar refractivity (Wildman–Crippen MR) is 99.1 cm³/mol. The van der Waals surface area contributed by atoms with Gasteiger partial charge in [-0.3, -0.25) is 20.4 Å². The van der Waals surface area contributed by atoms with Crippen LogP contribution < -0.4 is 10.9 Å². The number of hydrogen-bond donors (Lipinski definition) is 2. The number of hydrogen-bond acceptors (Lipinski definition) is 6. The highest BCUT2D eigenvalue weighted by Gasteiger charge is 2.09. The van der Waals surface area contributed by atoms with Crippen LogP contribution in [0.3, 0.4) is 0 Å². The number of para-hydroxylation sites is 2. The third-order valence-electron chi connectivity index (χ3n) is 4.17. The van der Waals surface area contributed by atoms with Crippen molar-refractivity contribution in [1.82, 2.24) is 40.6 Å². The molecule has 10 nitrogen and oxygen atoms in total. The molecule has 0 aliphatic heterocycles. The van der Waals surface area contributed by atoms with Gasteiger partial charge in [0.25, 0.3) is 5.91 Å². The number of nitrogens with zero attached hydrogens (tertiary/aromatic N) is 6. The minimum absolute atomic E-state index is 0.207. The van der Waals surface area contributed by atoms with E-state index in [1.807, 2.05) is 28.8 Å². The number of aryl methyl sites for hydroxylation is 1. The fourth-order valence-electron chi connectivity index (χ4n) is 2.72. The predicted octanol–water partition coefficient (Wildman–Crippen LogP) is 0.863. The first kappa shape index (κ1) is 17.3. The number of carbonyl (C=O) groups excluding carboxylic acids is 2. The Morgan fingerprint density at radius 3 is 2.57 bits per heavy atom. The average molecular weight is 376 g/mol. The van der Waals surface area contributed by atoms with Crippen molar-refractivity contribution in [3.05, 3.63) is 66.7 Å². The van der Waals surface area contributed by atoms with Gasteiger partial charge in [0.1, 0.15) is 6.33 Å². The van der Waals surface area contributed by atoms with Gasteiger partial charge in [-0.1, -0.05) is 12.1 Å². The number of aromatic nitrogens is 6. The lowest BCUT2D eigenvalue weighted by atomic mass is 10.2. The molecule has 2 aromatic carbocycles. The van der Waals surface area contributed by atoms with Crippen molar-refractivity contribution >= 4 is 22.8 Å². The third-order valence-corrected chi connectivity index (χ3v) is 4.17. The summed E-state index contributed by atoms with van der Waals surface area (Å²) in [5.41, 5.74) is 7.79. The maximum absolute atomic E-state index is 12.2. The number of amides is 2. The van der Waals surface area contributed by atoms with Crippen LogP contribution in [0.2, 0.25) is 0 Å². The van der Waals surface area contributed by atoms with E-state index in [-0.39, 0.29) is 12.3 Å². The Kier molecular flexibility index (Phi) is 4.74. The molecule has 28 heavy (non-hydrogen) atoms. The lowest BCUT2D eigenvalue weighted by Gasteiger charge is -2.08. The lowest BCUT2D eigenvalue weighted by molar-refractivity contribution is -0.122. The van der Waals surface area contributed by atoms with Crippen molar-refractivity contribution in [2.45, 2.75) is 13.0 Å². The van der Waals surface area contributed by atoms with Crippen molar-refractivity contribution in [3.63, 3.8) is 0 Å². The zero-order valence-corrected chi connectivity index (χ0v) is 14.7. The second-order valence-corrected chi connectivity index (χ2v) is 5.98. The molecule has 4 rings (SSSR count). The van der Waals surface area contributed by atoms with Gasteiger partial charge in [0.2, 0.25) is 5.91 Å². The standard InChI is InChI=1S/C18H16N8O2/c27-17(9-10-25-11-19-15-3-1-2-4-16(15)25)21-22-18(28)13-5-7-14(8-6-13)26-12-20-23-24-26/h1-8,11-12H,9-10H2,(H,21,27)(H,22,28). The topological polar surface area (TPSA) is 120 Å². The molecule has 0 atom stereocenters. The third kappa shape index (κ3) is 3.70. The van der Waals surface area contributed by atoms with Crippen LogP contribution in [0.25, 0.3) is 16.7 Å². The molecule has 0 saturated heterocycles. The normalized spacial score (nSPS) is 10.7. The molecule has 2 heterocycles. The van der Waals surface area contributed by atoms with E-state index in [0.717, 1.165) is 16.7 Å². The van der Waals surface area contributed by atoms with Gasteiger partial charge in [-0.15, -0.1) is 5.10 Å². The molecule has 0 spiro atoms. The molecule has 140 valence electrons. The van der Waals surface area contributed by atoms with Crippen LogP contribution in [-0.4, -0.2) is 41.6 Å². The highest BCUT2D eigenvalue weighted by Crippen LogP contribution is 2.12. The molecule has 0 aliphatic carbocycles. The maximum atomic E-state index is 12.2. The number of fused-ring (bicyclic) bond motifs is 1. The van der Waals surface area contributed by atoms with Crippen molar-refractivity contribution < 1.29 is 9.59 Å². The largest absolute Gasteiger partial charge is 0.330 e. The first-order chi connectivity index (χ1) is 13.7. The first-order valence-corrected chi connectivity index (χ1v) is 8.53. The van der Waals surface area contributed by atoms with E-state index >= 15 is 0 Å². The lowest BCUT2D eigenvalue weighted by Crippen LogP contribution is -2.41. The number of benzene rings is 2. The van der Waals surface area contributed by atoms with Crippen LogP contribution in [0.5, 0.6) is 0 Å². The monoisotopic (exact) mass is 376 g/mol. The number of tetrazole rings is 1. The van der Waals surface area contributed by atoms with E-state index in [1.165, 1.54) is 11.0 Å². The highest BCUT2D eigenvalue weighted by molar-refractivity contribution is 5.95. The summed E-state index contributed by atoms with van der Waals surface area (Å²) in [6, 6.07) is 14.3. The van der Waals surface area contributed by atoms with Crippen molar-refractivity contribution in [3.8, 4) is 5.69 Å². The molecule has 0 radical (unpaired) electrons. The number of rotatable bonds is 5. The first-order valence-electron chi connectivity index (χ1n) is 8.53. The van der Waals surface area contributed by atoms with Crippen LogP contribution in [0.1, 0.15) is 16.8 Å². The van der Waals surface area contributed by atoms with E-state index in [1.54, 1.807) is 30.6 Å². The summed E-state index contributed by atoms with van der Waals surface area (Å²) in [5.74, 6) is -0.707. The molecule has 0 aliphatic rings. The Balaban J connectivity index is 1.29. The van der Waals surface area contributed by atoms with Crippen LogP contribution >= 0.6 is 0 Å². The van der Waals surface area contributed by atoms with Gasteiger partial charge in [0.05, 0.1) is 23.0 Å². The second-order valence-electron chi connectivity index (χ2n) is 5.98. The van der Waals surface area contributed by atoms with E-state index in [4.69, 9.17) is 0 Å². The van der Waals surface area contributed by atoms with Crippen molar-refractivity contribution in [1.29, 1.82) is 0 Å². The summed E-state index contributed by atoms with van der Waals surface area (Å²) < 4.78 is 3.37. The van der Waals surface area contributed by atoms with E-state index in [0.29, 0.717) is 12.1 Å². The SMILES string of the molecule is O=C(CCn1cnc2ccccc21)NNC(=O)c1ccc(-n2cnnn2)cc1. The molecule has 2 aromatic heterocycles. The van der Waals surface area contributed by atoms with Gasteiger partial charge in [-0.05, 0) is 46.8 Å². The van der Waals surface area contributed by atoms with Gasteiger partial charge < -0.3 is 4.57 Å². The van der Waals surface area contributed by atoms with E-state index < -0.39 is 5.91 Å². The Bertz CT molecular complexity index is 1100. The fourth-order valence-corrected chi connectivity index (χ4v) is 2.72.